The molecule has 0 amide bonds. The Morgan fingerprint density at radius 2 is 1.81 bits per heavy atom. The van der Waals surface area contributed by atoms with Gasteiger partial charge in [-0.2, -0.15) is 5.21 Å². The van der Waals surface area contributed by atoms with Gasteiger partial charge in [0.25, 0.3) is 0 Å². The van der Waals surface area contributed by atoms with Gasteiger partial charge in [-0.1, -0.05) is 74.5 Å². The number of benzene rings is 2. The summed E-state index contributed by atoms with van der Waals surface area (Å²) in [6.07, 6.45) is 6.85. The van der Waals surface area contributed by atoms with Gasteiger partial charge in [0, 0.05) is 30.4 Å². The lowest BCUT2D eigenvalue weighted by molar-refractivity contribution is 0.503. The smallest absolute Gasteiger partial charge is 0.299 e. The largest absolute Gasteiger partial charge is 0.328 e. The quantitative estimate of drug-likeness (QED) is 0.424. The van der Waals surface area contributed by atoms with E-state index in [2.05, 4.69) is 64.8 Å². The molecule has 0 saturated heterocycles. The van der Waals surface area contributed by atoms with Gasteiger partial charge < -0.3 is 0 Å². The van der Waals surface area contributed by atoms with E-state index in [1.54, 1.807) is 0 Å². The van der Waals surface area contributed by atoms with Gasteiger partial charge in [-0.3, -0.25) is 9.13 Å². The third kappa shape index (κ3) is 4.61. The number of nitrogens with one attached hydrogen (secondary N) is 1. The summed E-state index contributed by atoms with van der Waals surface area (Å²) >= 11 is 0. The van der Waals surface area contributed by atoms with Gasteiger partial charge in [-0.15, -0.1) is 10.2 Å². The molecule has 1 N–H and O–H groups in total. The zero-order valence-electron chi connectivity index (χ0n) is 18.7. The lowest BCUT2D eigenvalue weighted by Crippen LogP contribution is -2.26. The third-order valence-corrected chi connectivity index (χ3v) is 5.37. The zero-order valence-corrected chi connectivity index (χ0v) is 18.7. The molecule has 2 heterocycles. The Labute approximate surface area is 187 Å². The van der Waals surface area contributed by atoms with Crippen LogP contribution >= 0.6 is 0 Å². The lowest BCUT2D eigenvalue weighted by atomic mass is 9.98. The molecule has 32 heavy (non-hydrogen) atoms. The van der Waals surface area contributed by atoms with Gasteiger partial charge in [0.15, 0.2) is 0 Å². The van der Waals surface area contributed by atoms with Crippen LogP contribution in [0.1, 0.15) is 32.0 Å². The number of nitrogens with zero attached hydrogens (tertiary/aromatic N) is 5. The van der Waals surface area contributed by atoms with Crippen LogP contribution in [0.5, 0.6) is 0 Å². The van der Waals surface area contributed by atoms with Crippen LogP contribution in [0.15, 0.2) is 71.7 Å². The molecule has 164 valence electrons. The van der Waals surface area contributed by atoms with Crippen LogP contribution < -0.4 is 5.69 Å². The normalized spacial score (nSPS) is 11.6. The minimum Gasteiger partial charge on any atom is -0.299 e. The summed E-state index contributed by atoms with van der Waals surface area (Å²) in [4.78, 5) is 13.0. The third-order valence-electron chi connectivity index (χ3n) is 5.37. The number of hydrogen-bond donors (Lipinski definition) is 1. The Morgan fingerprint density at radius 1 is 1.06 bits per heavy atom. The van der Waals surface area contributed by atoms with Gasteiger partial charge in [0.1, 0.15) is 0 Å². The molecule has 7 nitrogen and oxygen atoms in total. The van der Waals surface area contributed by atoms with Crippen LogP contribution in [0.3, 0.4) is 0 Å². The standard InChI is InChI=1S/C25H28N6O/c1-4-5-8-21-17-30(15-18(2)3)25(32)31(21)16-19-11-13-20(14-12-19)22-9-6-7-10-23(22)24-26-28-29-27-24/h4-7,9-14,17-18H,8,15-16H2,1-3H3,(H,26,27,28,29). The number of tetrazole rings is 1. The Hall–Kier alpha value is -3.74. The number of H-pyrrole nitrogens is 1. The molecule has 0 aliphatic heterocycles. The molecule has 0 saturated carbocycles. The van der Waals surface area contributed by atoms with Crippen molar-refractivity contribution in [2.24, 2.45) is 5.92 Å². The Morgan fingerprint density at radius 3 is 2.47 bits per heavy atom. The van der Waals surface area contributed by atoms with E-state index in [4.69, 9.17) is 0 Å². The van der Waals surface area contributed by atoms with Crippen LogP contribution in [0.4, 0.5) is 0 Å². The Kier molecular flexibility index (Phi) is 6.44. The van der Waals surface area contributed by atoms with E-state index in [-0.39, 0.29) is 5.69 Å². The minimum atomic E-state index is 0.0460. The summed E-state index contributed by atoms with van der Waals surface area (Å²) in [6.45, 7) is 7.52. The first-order chi connectivity index (χ1) is 15.6. The van der Waals surface area contributed by atoms with Crippen molar-refractivity contribution in [2.45, 2.75) is 40.3 Å². The maximum atomic E-state index is 13.0. The molecule has 0 aliphatic carbocycles. The number of hydrogen-bond acceptors (Lipinski definition) is 4. The molecular weight excluding hydrogens is 400 g/mol. The summed E-state index contributed by atoms with van der Waals surface area (Å²) < 4.78 is 3.71. The summed E-state index contributed by atoms with van der Waals surface area (Å²) in [6, 6.07) is 16.3. The lowest BCUT2D eigenvalue weighted by Gasteiger charge is -2.10. The van der Waals surface area contributed by atoms with E-state index in [1.165, 1.54) is 0 Å². The highest BCUT2D eigenvalue weighted by Gasteiger charge is 2.13. The van der Waals surface area contributed by atoms with Crippen molar-refractivity contribution in [1.29, 1.82) is 0 Å². The number of rotatable bonds is 8. The van der Waals surface area contributed by atoms with Crippen molar-refractivity contribution in [3.63, 3.8) is 0 Å². The van der Waals surface area contributed by atoms with Crippen LogP contribution in [0, 0.1) is 5.92 Å². The van der Waals surface area contributed by atoms with E-state index < -0.39 is 0 Å². The van der Waals surface area contributed by atoms with Crippen molar-refractivity contribution >= 4 is 0 Å². The maximum absolute atomic E-state index is 13.0. The second-order valence-electron chi connectivity index (χ2n) is 8.29. The van der Waals surface area contributed by atoms with Crippen molar-refractivity contribution in [1.82, 2.24) is 29.8 Å². The maximum Gasteiger partial charge on any atom is 0.328 e. The van der Waals surface area contributed by atoms with Crippen molar-refractivity contribution in [3.8, 4) is 22.5 Å². The van der Waals surface area contributed by atoms with Gasteiger partial charge in [0.2, 0.25) is 5.82 Å². The number of imidazole rings is 1. The highest BCUT2D eigenvalue weighted by atomic mass is 16.1. The topological polar surface area (TPSA) is 81.4 Å². The first-order valence-corrected chi connectivity index (χ1v) is 10.9. The first-order valence-electron chi connectivity index (χ1n) is 10.9. The highest BCUT2D eigenvalue weighted by Crippen LogP contribution is 2.29. The predicted octanol–water partition coefficient (Wildman–Crippen LogP) is 4.32. The van der Waals surface area contributed by atoms with Crippen LogP contribution in [-0.2, 0) is 19.5 Å². The second-order valence-corrected chi connectivity index (χ2v) is 8.29. The summed E-state index contributed by atoms with van der Waals surface area (Å²) in [7, 11) is 0. The highest BCUT2D eigenvalue weighted by molar-refractivity contribution is 5.80. The Balaban J connectivity index is 1.63. The molecule has 4 rings (SSSR count). The SMILES string of the molecule is CC=CCc1cn(CC(C)C)c(=O)n1Cc1ccc(-c2ccccc2-c2nn[nH]n2)cc1. The van der Waals surface area contributed by atoms with Crippen molar-refractivity contribution in [3.05, 3.63) is 88.6 Å². The molecule has 2 aromatic heterocycles. The molecule has 0 bridgehead atoms. The average Bonchev–Trinajstić information content (AvgIpc) is 3.43. The molecule has 0 aliphatic rings. The van der Waals surface area contributed by atoms with Gasteiger partial charge in [0.05, 0.1) is 6.54 Å². The number of aromatic amines is 1. The molecule has 0 fully saturated rings. The monoisotopic (exact) mass is 428 g/mol. The molecule has 4 aromatic rings. The Bertz CT molecular complexity index is 1250. The fourth-order valence-corrected chi connectivity index (χ4v) is 3.86. The molecule has 2 aromatic carbocycles. The van der Waals surface area contributed by atoms with Crippen molar-refractivity contribution < 1.29 is 0 Å². The fraction of sp³-hybridized carbons (Fsp3) is 0.280. The predicted molar refractivity (Wildman–Crippen MR) is 126 cm³/mol. The molecule has 0 unspecified atom stereocenters. The van der Waals surface area contributed by atoms with Crippen molar-refractivity contribution in [2.75, 3.05) is 0 Å². The number of aromatic nitrogens is 6. The summed E-state index contributed by atoms with van der Waals surface area (Å²) in [5.41, 5.74) is 5.18. The van der Waals surface area contributed by atoms with E-state index in [1.807, 2.05) is 52.6 Å². The molecule has 0 radical (unpaired) electrons. The van der Waals surface area contributed by atoms with Gasteiger partial charge >= 0.3 is 5.69 Å². The molecule has 7 heteroatoms. The van der Waals surface area contributed by atoms with Crippen LogP contribution in [-0.4, -0.2) is 29.8 Å². The zero-order chi connectivity index (χ0) is 22.5. The second kappa shape index (κ2) is 9.60. The van der Waals surface area contributed by atoms with E-state index in [0.717, 1.165) is 40.9 Å². The molecule has 0 atom stereocenters. The van der Waals surface area contributed by atoms with Gasteiger partial charge in [-0.25, -0.2) is 4.79 Å². The summed E-state index contributed by atoms with van der Waals surface area (Å²) in [5.74, 6) is 0.980. The first kappa shape index (κ1) is 21.5. The molecular formula is C25H28N6O. The summed E-state index contributed by atoms with van der Waals surface area (Å²) in [5, 5.41) is 14.4. The van der Waals surface area contributed by atoms with E-state index >= 15 is 0 Å². The van der Waals surface area contributed by atoms with E-state index in [9.17, 15) is 4.79 Å². The van der Waals surface area contributed by atoms with Crippen LogP contribution in [0.25, 0.3) is 22.5 Å². The number of allylic oxidation sites excluding steroid dienone is 2. The van der Waals surface area contributed by atoms with E-state index in [0.29, 0.717) is 18.3 Å². The minimum absolute atomic E-state index is 0.0460. The van der Waals surface area contributed by atoms with Gasteiger partial charge in [-0.05, 0) is 34.7 Å². The average molecular weight is 429 g/mol. The van der Waals surface area contributed by atoms with Crippen LogP contribution in [0.2, 0.25) is 0 Å². The fourth-order valence-electron chi connectivity index (χ4n) is 3.86. The molecule has 0 spiro atoms.